The molecule has 0 saturated heterocycles. The summed E-state index contributed by atoms with van der Waals surface area (Å²) in [4.78, 5) is 9.09. The molecule has 2 N–H and O–H groups in total. The first kappa shape index (κ1) is 22.3. The zero-order valence-corrected chi connectivity index (χ0v) is 18.4. The molecule has 0 unspecified atom stereocenters. The number of guanidine groups is 1. The molecule has 0 aliphatic rings. The van der Waals surface area contributed by atoms with Crippen molar-refractivity contribution in [2.24, 2.45) is 10.9 Å². The number of rotatable bonds is 8. The summed E-state index contributed by atoms with van der Waals surface area (Å²) < 4.78 is 7.37. The molecule has 1 heterocycles. The summed E-state index contributed by atoms with van der Waals surface area (Å²) >= 11 is 0. The quantitative estimate of drug-likeness (QED) is 0.352. The molecule has 0 aliphatic carbocycles. The lowest BCUT2D eigenvalue weighted by Crippen LogP contribution is -2.37. The molecule has 0 bridgehead atoms. The minimum atomic E-state index is 0. The Morgan fingerprint density at radius 3 is 2.58 bits per heavy atom. The molecular weight excluding hydrogens is 441 g/mol. The Hall–Kier alpha value is -1.77. The van der Waals surface area contributed by atoms with E-state index in [-0.39, 0.29) is 24.0 Å². The van der Waals surface area contributed by atoms with Gasteiger partial charge in [-0.2, -0.15) is 0 Å². The summed E-state index contributed by atoms with van der Waals surface area (Å²) in [5.74, 6) is 3.25. The molecule has 144 valence electrons. The minimum absolute atomic E-state index is 0. The van der Waals surface area contributed by atoms with Gasteiger partial charge in [-0.3, -0.25) is 0 Å². The van der Waals surface area contributed by atoms with E-state index in [9.17, 15) is 0 Å². The number of nitrogens with one attached hydrogen (secondary N) is 2. The van der Waals surface area contributed by atoms with Gasteiger partial charge >= 0.3 is 0 Å². The van der Waals surface area contributed by atoms with Gasteiger partial charge in [0.25, 0.3) is 0 Å². The highest BCUT2D eigenvalue weighted by Gasteiger charge is 2.06. The van der Waals surface area contributed by atoms with Crippen molar-refractivity contribution in [3.8, 4) is 5.75 Å². The zero-order valence-electron chi connectivity index (χ0n) is 16.0. The van der Waals surface area contributed by atoms with E-state index in [1.165, 1.54) is 0 Å². The van der Waals surface area contributed by atoms with Crippen LogP contribution < -0.4 is 15.4 Å². The van der Waals surface area contributed by atoms with E-state index < -0.39 is 0 Å². The standard InChI is InChI=1S/C19H29N5O.HI/c1-5-20-19(22-12-16-6-8-17(25-4)9-7-16)23-13-18-21-10-11-24(18)14-15(2)3;/h6-11,15H,5,12-14H2,1-4H3,(H2,20,22,23);1H. The normalized spacial score (nSPS) is 11.2. The van der Waals surface area contributed by atoms with Crippen molar-refractivity contribution in [2.75, 3.05) is 13.7 Å². The minimum Gasteiger partial charge on any atom is -0.497 e. The number of hydrogen-bond acceptors (Lipinski definition) is 3. The Kier molecular flexibility index (Phi) is 10.1. The average molecular weight is 471 g/mol. The molecule has 2 rings (SSSR count). The number of hydrogen-bond donors (Lipinski definition) is 2. The molecule has 6 nitrogen and oxygen atoms in total. The molecule has 0 saturated carbocycles. The first-order valence-corrected chi connectivity index (χ1v) is 8.77. The van der Waals surface area contributed by atoms with Gasteiger partial charge in [-0.25, -0.2) is 9.98 Å². The molecule has 0 aliphatic heterocycles. The summed E-state index contributed by atoms with van der Waals surface area (Å²) in [5.41, 5.74) is 1.14. The second kappa shape index (κ2) is 11.8. The fourth-order valence-electron chi connectivity index (χ4n) is 2.47. The van der Waals surface area contributed by atoms with Crippen molar-refractivity contribution in [1.29, 1.82) is 0 Å². The van der Waals surface area contributed by atoms with Crippen molar-refractivity contribution in [3.63, 3.8) is 0 Å². The van der Waals surface area contributed by atoms with E-state index in [1.807, 2.05) is 36.7 Å². The highest BCUT2D eigenvalue weighted by molar-refractivity contribution is 14.0. The maximum absolute atomic E-state index is 5.18. The highest BCUT2D eigenvalue weighted by atomic mass is 127. The van der Waals surface area contributed by atoms with Crippen LogP contribution >= 0.6 is 24.0 Å². The Balaban J connectivity index is 0.00000338. The van der Waals surface area contributed by atoms with E-state index in [4.69, 9.17) is 4.74 Å². The van der Waals surface area contributed by atoms with Crippen molar-refractivity contribution < 1.29 is 4.74 Å². The van der Waals surface area contributed by atoms with Crippen LogP contribution in [-0.4, -0.2) is 29.2 Å². The molecular formula is C19H30IN5O. The molecule has 0 spiro atoms. The van der Waals surface area contributed by atoms with Gasteiger partial charge in [0.05, 0.1) is 20.2 Å². The predicted octanol–water partition coefficient (Wildman–Crippen LogP) is 3.42. The molecule has 0 atom stereocenters. The van der Waals surface area contributed by atoms with Crippen LogP contribution in [0.15, 0.2) is 41.7 Å². The third-order valence-electron chi connectivity index (χ3n) is 3.70. The fourth-order valence-corrected chi connectivity index (χ4v) is 2.47. The molecule has 0 radical (unpaired) electrons. The van der Waals surface area contributed by atoms with Crippen LogP contribution in [0.5, 0.6) is 5.75 Å². The fraction of sp³-hybridized carbons (Fsp3) is 0.474. The SMILES string of the molecule is CCNC(=NCc1ccc(OC)cc1)NCc1nccn1CC(C)C.I. The third kappa shape index (κ3) is 7.23. The number of nitrogens with zero attached hydrogens (tertiary/aromatic N) is 3. The van der Waals surface area contributed by atoms with Crippen molar-refractivity contribution in [3.05, 3.63) is 48.0 Å². The van der Waals surface area contributed by atoms with Crippen LogP contribution in [0.25, 0.3) is 0 Å². The van der Waals surface area contributed by atoms with Crippen LogP contribution in [0.1, 0.15) is 32.2 Å². The van der Waals surface area contributed by atoms with Gasteiger partial charge in [0.2, 0.25) is 0 Å². The van der Waals surface area contributed by atoms with Crippen LogP contribution in [0.4, 0.5) is 0 Å². The number of methoxy groups -OCH3 is 1. The number of aliphatic imine (C=N–C) groups is 1. The average Bonchev–Trinajstić information content (AvgIpc) is 3.04. The molecule has 0 fully saturated rings. The Labute approximate surface area is 173 Å². The third-order valence-corrected chi connectivity index (χ3v) is 3.70. The molecule has 0 amide bonds. The van der Waals surface area contributed by atoms with Gasteiger partial charge in [0, 0.05) is 25.5 Å². The molecule has 1 aromatic heterocycles. The number of benzene rings is 1. The Morgan fingerprint density at radius 1 is 1.23 bits per heavy atom. The van der Waals surface area contributed by atoms with E-state index >= 15 is 0 Å². The predicted molar refractivity (Wildman–Crippen MR) is 117 cm³/mol. The zero-order chi connectivity index (χ0) is 18.1. The smallest absolute Gasteiger partial charge is 0.191 e. The second-order valence-electron chi connectivity index (χ2n) is 6.29. The maximum atomic E-state index is 5.18. The van der Waals surface area contributed by atoms with Crippen molar-refractivity contribution in [2.45, 2.75) is 40.4 Å². The van der Waals surface area contributed by atoms with Gasteiger partial charge in [-0.1, -0.05) is 26.0 Å². The van der Waals surface area contributed by atoms with Crippen molar-refractivity contribution in [1.82, 2.24) is 20.2 Å². The molecule has 26 heavy (non-hydrogen) atoms. The summed E-state index contributed by atoms with van der Waals surface area (Å²) in [6, 6.07) is 7.96. The summed E-state index contributed by atoms with van der Waals surface area (Å²) in [6.45, 7) is 9.51. The van der Waals surface area contributed by atoms with E-state index in [1.54, 1.807) is 7.11 Å². The number of ether oxygens (including phenoxy) is 1. The lowest BCUT2D eigenvalue weighted by atomic mass is 10.2. The molecule has 2 aromatic rings. The van der Waals surface area contributed by atoms with Gasteiger partial charge in [-0.15, -0.1) is 24.0 Å². The van der Waals surface area contributed by atoms with Gasteiger partial charge in [0.1, 0.15) is 11.6 Å². The maximum Gasteiger partial charge on any atom is 0.191 e. The van der Waals surface area contributed by atoms with E-state index in [0.717, 1.165) is 36.2 Å². The van der Waals surface area contributed by atoms with Crippen LogP contribution in [0.2, 0.25) is 0 Å². The molecule has 1 aromatic carbocycles. The van der Waals surface area contributed by atoms with Crippen LogP contribution in [-0.2, 0) is 19.6 Å². The summed E-state index contributed by atoms with van der Waals surface area (Å²) in [5, 5.41) is 6.64. The Morgan fingerprint density at radius 2 is 1.96 bits per heavy atom. The van der Waals surface area contributed by atoms with Gasteiger partial charge < -0.3 is 19.9 Å². The van der Waals surface area contributed by atoms with Crippen LogP contribution in [0, 0.1) is 5.92 Å². The summed E-state index contributed by atoms with van der Waals surface area (Å²) in [6.07, 6.45) is 3.87. The highest BCUT2D eigenvalue weighted by Crippen LogP contribution is 2.11. The Bertz CT molecular complexity index is 667. The van der Waals surface area contributed by atoms with E-state index in [2.05, 4.69) is 45.9 Å². The lowest BCUT2D eigenvalue weighted by Gasteiger charge is -2.13. The topological polar surface area (TPSA) is 63.5 Å². The second-order valence-corrected chi connectivity index (χ2v) is 6.29. The van der Waals surface area contributed by atoms with E-state index in [0.29, 0.717) is 19.0 Å². The number of halogens is 1. The lowest BCUT2D eigenvalue weighted by molar-refractivity contribution is 0.414. The first-order chi connectivity index (χ1) is 12.1. The van der Waals surface area contributed by atoms with Crippen LogP contribution in [0.3, 0.4) is 0 Å². The molecule has 7 heteroatoms. The summed E-state index contributed by atoms with van der Waals surface area (Å²) in [7, 11) is 1.67. The first-order valence-electron chi connectivity index (χ1n) is 8.77. The van der Waals surface area contributed by atoms with Gasteiger partial charge in [0.15, 0.2) is 5.96 Å². The number of aromatic nitrogens is 2. The monoisotopic (exact) mass is 471 g/mol. The largest absolute Gasteiger partial charge is 0.497 e. The number of imidazole rings is 1. The van der Waals surface area contributed by atoms with Crippen molar-refractivity contribution >= 4 is 29.9 Å². The van der Waals surface area contributed by atoms with Gasteiger partial charge in [-0.05, 0) is 30.5 Å².